The molecule has 0 aliphatic heterocycles. The molecule has 0 aromatic heterocycles. The van der Waals surface area contributed by atoms with Crippen molar-refractivity contribution in [1.82, 2.24) is 0 Å². The van der Waals surface area contributed by atoms with Crippen molar-refractivity contribution >= 4 is 5.78 Å². The van der Waals surface area contributed by atoms with E-state index < -0.39 is 0 Å². The summed E-state index contributed by atoms with van der Waals surface area (Å²) in [4.78, 5) is 13.5. The van der Waals surface area contributed by atoms with Gasteiger partial charge in [-0.1, -0.05) is 53.6 Å². The summed E-state index contributed by atoms with van der Waals surface area (Å²) in [7, 11) is 1.43. The van der Waals surface area contributed by atoms with Crippen LogP contribution in [0.25, 0.3) is 0 Å². The number of phenols is 2. The zero-order valence-corrected chi connectivity index (χ0v) is 17.9. The van der Waals surface area contributed by atoms with Crippen LogP contribution in [0.3, 0.4) is 0 Å². The lowest BCUT2D eigenvalue weighted by molar-refractivity contribution is 0.0889. The fourth-order valence-electron chi connectivity index (χ4n) is 4.24. The Morgan fingerprint density at radius 1 is 1.17 bits per heavy atom. The summed E-state index contributed by atoms with van der Waals surface area (Å²) in [6.07, 6.45) is 7.86. The van der Waals surface area contributed by atoms with Crippen molar-refractivity contribution in [3.05, 3.63) is 76.9 Å². The Hall–Kier alpha value is -3.01. The van der Waals surface area contributed by atoms with Gasteiger partial charge >= 0.3 is 0 Å². The van der Waals surface area contributed by atoms with Crippen molar-refractivity contribution in [2.75, 3.05) is 7.11 Å². The average Bonchev–Trinajstić information content (AvgIpc) is 2.73. The Kier molecular flexibility index (Phi) is 6.99. The molecule has 0 saturated heterocycles. The van der Waals surface area contributed by atoms with Crippen molar-refractivity contribution in [1.29, 1.82) is 0 Å². The Labute approximate surface area is 178 Å². The van der Waals surface area contributed by atoms with E-state index in [-0.39, 0.29) is 40.4 Å². The van der Waals surface area contributed by atoms with Crippen molar-refractivity contribution in [3.63, 3.8) is 0 Å². The van der Waals surface area contributed by atoms with Crippen molar-refractivity contribution < 1.29 is 19.7 Å². The average molecular weight is 407 g/mol. The first-order chi connectivity index (χ1) is 14.4. The summed E-state index contributed by atoms with van der Waals surface area (Å²) in [6, 6.07) is 12.7. The van der Waals surface area contributed by atoms with Crippen LogP contribution < -0.4 is 4.74 Å². The van der Waals surface area contributed by atoms with Gasteiger partial charge in [0.05, 0.1) is 7.11 Å². The highest BCUT2D eigenvalue weighted by Gasteiger charge is 2.35. The molecule has 0 saturated carbocycles. The summed E-state index contributed by atoms with van der Waals surface area (Å²) in [5.74, 6) is -0.611. The lowest BCUT2D eigenvalue weighted by Gasteiger charge is -2.31. The van der Waals surface area contributed by atoms with Crippen LogP contribution in [0.1, 0.15) is 61.4 Å². The molecule has 30 heavy (non-hydrogen) atoms. The van der Waals surface area contributed by atoms with Gasteiger partial charge in [0.2, 0.25) is 0 Å². The lowest BCUT2D eigenvalue weighted by atomic mass is 9.72. The third kappa shape index (κ3) is 4.93. The van der Waals surface area contributed by atoms with Crippen LogP contribution in [0.2, 0.25) is 0 Å². The number of phenolic OH excluding ortho intramolecular Hbond substituents is 2. The zero-order valence-electron chi connectivity index (χ0n) is 17.9. The first kappa shape index (κ1) is 21.7. The van der Waals surface area contributed by atoms with Gasteiger partial charge in [-0.05, 0) is 51.0 Å². The third-order valence-corrected chi connectivity index (χ3v) is 5.74. The summed E-state index contributed by atoms with van der Waals surface area (Å²) >= 11 is 0. The molecular formula is C26H30O4. The Bertz CT molecular complexity index is 952. The molecule has 1 aliphatic rings. The number of aromatic hydroxyl groups is 2. The Morgan fingerprint density at radius 3 is 2.57 bits per heavy atom. The number of allylic oxidation sites excluding steroid dienone is 4. The molecule has 158 valence electrons. The van der Waals surface area contributed by atoms with E-state index in [4.69, 9.17) is 4.74 Å². The van der Waals surface area contributed by atoms with E-state index in [0.717, 1.165) is 24.8 Å². The molecule has 3 rings (SSSR count). The normalized spacial score (nSPS) is 18.4. The third-order valence-electron chi connectivity index (χ3n) is 5.74. The second-order valence-corrected chi connectivity index (χ2v) is 8.15. The van der Waals surface area contributed by atoms with Gasteiger partial charge in [-0.2, -0.15) is 0 Å². The predicted octanol–water partition coefficient (Wildman–Crippen LogP) is 6.16. The smallest absolute Gasteiger partial charge is 0.174 e. The molecule has 0 spiro atoms. The van der Waals surface area contributed by atoms with Crippen LogP contribution in [0.5, 0.6) is 17.2 Å². The summed E-state index contributed by atoms with van der Waals surface area (Å²) < 4.78 is 5.29. The van der Waals surface area contributed by atoms with Crippen LogP contribution in [-0.2, 0) is 0 Å². The highest BCUT2D eigenvalue weighted by Crippen LogP contribution is 2.43. The minimum absolute atomic E-state index is 0.0308. The van der Waals surface area contributed by atoms with Gasteiger partial charge in [0.15, 0.2) is 5.78 Å². The maximum absolute atomic E-state index is 13.5. The van der Waals surface area contributed by atoms with E-state index in [1.807, 2.05) is 18.2 Å². The number of carbonyl (C=O) groups excluding carboxylic acids is 1. The van der Waals surface area contributed by atoms with Gasteiger partial charge in [0, 0.05) is 18.1 Å². The molecule has 0 fully saturated rings. The lowest BCUT2D eigenvalue weighted by Crippen LogP contribution is -2.26. The maximum Gasteiger partial charge on any atom is 0.174 e. The summed E-state index contributed by atoms with van der Waals surface area (Å²) in [5.41, 5.74) is 3.95. The van der Waals surface area contributed by atoms with E-state index in [1.54, 1.807) is 0 Å². The molecule has 0 amide bonds. The van der Waals surface area contributed by atoms with E-state index in [0.29, 0.717) is 6.42 Å². The Balaban J connectivity index is 1.95. The van der Waals surface area contributed by atoms with Crippen LogP contribution in [0, 0.1) is 5.92 Å². The number of carbonyl (C=O) groups is 1. The van der Waals surface area contributed by atoms with Crippen LogP contribution in [-0.4, -0.2) is 23.1 Å². The number of methoxy groups -OCH3 is 1. The number of hydrogen-bond donors (Lipinski definition) is 2. The number of Topliss-reactive ketones (excluding diaryl/α,β-unsaturated/α-hetero) is 1. The molecule has 2 aromatic carbocycles. The van der Waals surface area contributed by atoms with Gasteiger partial charge in [0.25, 0.3) is 0 Å². The molecule has 4 heteroatoms. The topological polar surface area (TPSA) is 66.8 Å². The predicted molar refractivity (Wildman–Crippen MR) is 119 cm³/mol. The van der Waals surface area contributed by atoms with Crippen molar-refractivity contribution in [2.45, 2.75) is 45.4 Å². The fraction of sp³-hybridized carbons (Fsp3) is 0.346. The quantitative estimate of drug-likeness (QED) is 0.427. The van der Waals surface area contributed by atoms with Gasteiger partial charge in [-0.25, -0.2) is 0 Å². The monoisotopic (exact) mass is 406 g/mol. The fourth-order valence-corrected chi connectivity index (χ4v) is 4.24. The van der Waals surface area contributed by atoms with E-state index in [9.17, 15) is 15.0 Å². The molecule has 2 aromatic rings. The minimum Gasteiger partial charge on any atom is -0.508 e. The van der Waals surface area contributed by atoms with E-state index in [2.05, 4.69) is 38.1 Å². The molecule has 0 bridgehead atoms. The second kappa shape index (κ2) is 9.66. The summed E-state index contributed by atoms with van der Waals surface area (Å²) in [6.45, 7) is 4.21. The van der Waals surface area contributed by atoms with E-state index >= 15 is 0 Å². The minimum atomic E-state index is -0.302. The zero-order chi connectivity index (χ0) is 21.7. The van der Waals surface area contributed by atoms with Gasteiger partial charge < -0.3 is 14.9 Å². The highest BCUT2D eigenvalue weighted by atomic mass is 16.5. The number of ether oxygens (including phenoxy) is 1. The van der Waals surface area contributed by atoms with Crippen LogP contribution in [0.15, 0.2) is 65.8 Å². The molecule has 0 heterocycles. The highest BCUT2D eigenvalue weighted by molar-refractivity contribution is 6.03. The largest absolute Gasteiger partial charge is 0.508 e. The van der Waals surface area contributed by atoms with Crippen molar-refractivity contribution in [3.8, 4) is 17.2 Å². The van der Waals surface area contributed by atoms with Crippen LogP contribution in [0.4, 0.5) is 0 Å². The molecule has 4 nitrogen and oxygen atoms in total. The number of benzene rings is 2. The van der Waals surface area contributed by atoms with Gasteiger partial charge in [-0.3, -0.25) is 4.79 Å². The van der Waals surface area contributed by atoms with Gasteiger partial charge in [-0.15, -0.1) is 0 Å². The number of rotatable bonds is 7. The molecule has 0 unspecified atom stereocenters. The van der Waals surface area contributed by atoms with E-state index in [1.165, 1.54) is 30.4 Å². The molecule has 2 N–H and O–H groups in total. The molecule has 2 atom stereocenters. The van der Waals surface area contributed by atoms with Gasteiger partial charge in [0.1, 0.15) is 22.8 Å². The van der Waals surface area contributed by atoms with Crippen LogP contribution >= 0.6 is 0 Å². The van der Waals surface area contributed by atoms with Crippen molar-refractivity contribution in [2.24, 2.45) is 5.92 Å². The molecule has 1 aliphatic carbocycles. The summed E-state index contributed by atoms with van der Waals surface area (Å²) in [5, 5.41) is 20.2. The number of hydrogen-bond acceptors (Lipinski definition) is 4. The SMILES string of the molecule is COc1cc(O)cc(O)c1C(=O)[C@@H]1CC=C(CCC=C(C)C)C[C@H]1c1ccccc1. The second-order valence-electron chi connectivity index (χ2n) is 8.15. The first-order valence-corrected chi connectivity index (χ1v) is 10.4. The Morgan fingerprint density at radius 2 is 1.90 bits per heavy atom. The first-order valence-electron chi connectivity index (χ1n) is 10.4. The maximum atomic E-state index is 13.5. The standard InChI is InChI=1S/C26H30O4/c1-17(2)8-7-9-18-12-13-21(22(14-18)19-10-5-4-6-11-19)26(29)25-23(28)15-20(27)16-24(25)30-3/h4-6,8,10-12,15-16,21-22,27-28H,7,9,13-14H2,1-3H3/t21-,22+/m1/s1. The number of ketones is 1. The molecule has 0 radical (unpaired) electrons. The molecular weight excluding hydrogens is 376 g/mol.